The van der Waals surface area contributed by atoms with E-state index in [1.165, 1.54) is 11.8 Å². The molecule has 1 fully saturated rings. The molecule has 0 radical (unpaired) electrons. The fraction of sp³-hybridized carbons (Fsp3) is 0.538. The van der Waals surface area contributed by atoms with Crippen molar-refractivity contribution < 1.29 is 19.5 Å². The van der Waals surface area contributed by atoms with Gasteiger partial charge in [-0.3, -0.25) is 9.59 Å². The third kappa shape index (κ3) is 6.58. The Balaban J connectivity index is 1.64. The standard InChI is InChI=1S/C26H34N2O4S/c1-16(2)11-21(12-17(3)29)26(32)28-14-22(30)13-23(28)24(31)10-7-19-5-8-20(9-6-19)25-18(4)27-15-33-25/h5-6,8-9,15-16,21-23,30H,7,10-14H2,1-4H3/t21-,22-,23+/m1/s1. The predicted molar refractivity (Wildman–Crippen MR) is 130 cm³/mol. The summed E-state index contributed by atoms with van der Waals surface area (Å²) in [5.74, 6) is -0.428. The van der Waals surface area contributed by atoms with E-state index < -0.39 is 18.1 Å². The van der Waals surface area contributed by atoms with E-state index in [2.05, 4.69) is 4.98 Å². The van der Waals surface area contributed by atoms with Crippen LogP contribution in [0.1, 0.15) is 57.7 Å². The molecule has 33 heavy (non-hydrogen) atoms. The van der Waals surface area contributed by atoms with Crippen LogP contribution in [0.5, 0.6) is 0 Å². The number of aliphatic hydroxyl groups excluding tert-OH is 1. The molecule has 1 saturated heterocycles. The maximum absolute atomic E-state index is 13.2. The van der Waals surface area contributed by atoms with Crippen molar-refractivity contribution in [3.8, 4) is 10.4 Å². The Morgan fingerprint density at radius 3 is 2.48 bits per heavy atom. The van der Waals surface area contributed by atoms with E-state index in [-0.39, 0.29) is 42.8 Å². The van der Waals surface area contributed by atoms with E-state index in [0.717, 1.165) is 21.7 Å². The summed E-state index contributed by atoms with van der Waals surface area (Å²) in [6.45, 7) is 7.67. The van der Waals surface area contributed by atoms with E-state index >= 15 is 0 Å². The molecule has 3 atom stereocenters. The lowest BCUT2D eigenvalue weighted by molar-refractivity contribution is -0.142. The molecule has 1 aromatic carbocycles. The fourth-order valence-electron chi connectivity index (χ4n) is 4.62. The van der Waals surface area contributed by atoms with Gasteiger partial charge in [-0.05, 0) is 43.7 Å². The van der Waals surface area contributed by atoms with Crippen LogP contribution >= 0.6 is 11.3 Å². The normalized spacial score (nSPS) is 19.2. The lowest BCUT2D eigenvalue weighted by Crippen LogP contribution is -2.44. The van der Waals surface area contributed by atoms with Crippen molar-refractivity contribution in [3.63, 3.8) is 0 Å². The minimum atomic E-state index is -0.707. The number of ketones is 2. The Morgan fingerprint density at radius 2 is 1.91 bits per heavy atom. The second-order valence-corrected chi connectivity index (χ2v) is 10.4. The van der Waals surface area contributed by atoms with Crippen LogP contribution in [0.3, 0.4) is 0 Å². The largest absolute Gasteiger partial charge is 0.391 e. The Kier molecular flexibility index (Phi) is 8.54. The van der Waals surface area contributed by atoms with Crippen LogP contribution in [0.2, 0.25) is 0 Å². The quantitative estimate of drug-likeness (QED) is 0.562. The maximum atomic E-state index is 13.2. The fourth-order valence-corrected chi connectivity index (χ4v) is 5.43. The van der Waals surface area contributed by atoms with Gasteiger partial charge in [0.25, 0.3) is 0 Å². The highest BCUT2D eigenvalue weighted by Gasteiger charge is 2.40. The van der Waals surface area contributed by atoms with Crippen LogP contribution in [-0.4, -0.2) is 51.2 Å². The average Bonchev–Trinajstić information content (AvgIpc) is 3.36. The average molecular weight is 471 g/mol. The molecule has 178 valence electrons. The maximum Gasteiger partial charge on any atom is 0.226 e. The molecule has 6 nitrogen and oxygen atoms in total. The number of rotatable bonds is 10. The molecule has 0 unspecified atom stereocenters. The Hall–Kier alpha value is -2.38. The van der Waals surface area contributed by atoms with Crippen molar-refractivity contribution in [1.82, 2.24) is 9.88 Å². The van der Waals surface area contributed by atoms with Gasteiger partial charge in [-0.2, -0.15) is 0 Å². The molecule has 0 aliphatic carbocycles. The first-order valence-electron chi connectivity index (χ1n) is 11.7. The molecule has 0 saturated carbocycles. The van der Waals surface area contributed by atoms with Crippen LogP contribution in [0.25, 0.3) is 10.4 Å². The Bertz CT molecular complexity index is 982. The first-order chi connectivity index (χ1) is 15.7. The van der Waals surface area contributed by atoms with Gasteiger partial charge in [0, 0.05) is 31.7 Å². The summed E-state index contributed by atoms with van der Waals surface area (Å²) in [5.41, 5.74) is 5.01. The van der Waals surface area contributed by atoms with Gasteiger partial charge in [0.2, 0.25) is 5.91 Å². The highest BCUT2D eigenvalue weighted by molar-refractivity contribution is 7.13. The molecular formula is C26H34N2O4S. The molecule has 0 bridgehead atoms. The van der Waals surface area contributed by atoms with Gasteiger partial charge in [-0.15, -0.1) is 11.3 Å². The smallest absolute Gasteiger partial charge is 0.226 e. The second kappa shape index (κ2) is 11.2. The van der Waals surface area contributed by atoms with Gasteiger partial charge in [-0.25, -0.2) is 4.98 Å². The summed E-state index contributed by atoms with van der Waals surface area (Å²) in [4.78, 5) is 45.0. The van der Waals surface area contributed by atoms with Gasteiger partial charge >= 0.3 is 0 Å². The van der Waals surface area contributed by atoms with E-state index in [1.807, 2.05) is 50.5 Å². The first kappa shape index (κ1) is 25.2. The Morgan fingerprint density at radius 1 is 1.21 bits per heavy atom. The summed E-state index contributed by atoms with van der Waals surface area (Å²) < 4.78 is 0. The zero-order chi connectivity index (χ0) is 24.1. The molecule has 1 N–H and O–H groups in total. The van der Waals surface area contributed by atoms with Gasteiger partial charge in [0.1, 0.15) is 5.78 Å². The van der Waals surface area contributed by atoms with Gasteiger partial charge in [0.15, 0.2) is 5.78 Å². The van der Waals surface area contributed by atoms with Gasteiger partial charge in [0.05, 0.1) is 28.2 Å². The SMILES string of the molecule is CC(=O)C[C@@H](CC(C)C)C(=O)N1C[C@H](O)C[C@H]1C(=O)CCc1ccc(-c2scnc2C)cc1. The second-order valence-electron chi connectivity index (χ2n) is 9.56. The van der Waals surface area contributed by atoms with E-state index in [1.54, 1.807) is 11.3 Å². The molecule has 1 amide bonds. The molecule has 1 aromatic heterocycles. The molecule has 2 heterocycles. The molecule has 0 spiro atoms. The molecule has 2 aromatic rings. The number of hydrogen-bond donors (Lipinski definition) is 1. The highest BCUT2D eigenvalue weighted by atomic mass is 32.1. The number of aryl methyl sites for hydroxylation is 2. The number of thiazole rings is 1. The van der Waals surface area contributed by atoms with Crippen molar-refractivity contribution in [2.75, 3.05) is 6.54 Å². The number of aromatic nitrogens is 1. The van der Waals surface area contributed by atoms with Gasteiger partial charge < -0.3 is 14.8 Å². The van der Waals surface area contributed by atoms with E-state index in [0.29, 0.717) is 19.3 Å². The molecule has 1 aliphatic heterocycles. The monoisotopic (exact) mass is 470 g/mol. The summed E-state index contributed by atoms with van der Waals surface area (Å²) >= 11 is 1.61. The number of Topliss-reactive ketones (excluding diaryl/α,β-unsaturated/α-hetero) is 2. The van der Waals surface area contributed by atoms with Crippen molar-refractivity contribution in [3.05, 3.63) is 41.0 Å². The molecular weight excluding hydrogens is 436 g/mol. The summed E-state index contributed by atoms with van der Waals surface area (Å²) in [6, 6.07) is 7.54. The predicted octanol–water partition coefficient (Wildman–Crippen LogP) is 4.22. The molecule has 1 aliphatic rings. The van der Waals surface area contributed by atoms with Gasteiger partial charge in [-0.1, -0.05) is 38.1 Å². The van der Waals surface area contributed by atoms with E-state index in [4.69, 9.17) is 0 Å². The number of hydrogen-bond acceptors (Lipinski definition) is 6. The lowest BCUT2D eigenvalue weighted by Gasteiger charge is -2.28. The number of β-amino-alcohol motifs (C(OH)–C–C–N with tert-alkyl or cyclic N) is 1. The minimum absolute atomic E-state index is 0.0337. The lowest BCUT2D eigenvalue weighted by atomic mass is 9.91. The zero-order valence-corrected chi connectivity index (χ0v) is 20.7. The van der Waals surface area contributed by atoms with Crippen LogP contribution in [0.15, 0.2) is 29.8 Å². The highest BCUT2D eigenvalue weighted by Crippen LogP contribution is 2.29. The third-order valence-corrected chi connectivity index (χ3v) is 7.17. The van der Waals surface area contributed by atoms with Crippen LogP contribution < -0.4 is 0 Å². The molecule has 7 heteroatoms. The van der Waals surface area contributed by atoms with Crippen LogP contribution in [0, 0.1) is 18.8 Å². The number of carbonyl (C=O) groups is 3. The van der Waals surface area contributed by atoms with E-state index in [9.17, 15) is 19.5 Å². The zero-order valence-electron chi connectivity index (χ0n) is 19.9. The number of nitrogens with zero attached hydrogens (tertiary/aromatic N) is 2. The minimum Gasteiger partial charge on any atom is -0.391 e. The van der Waals surface area contributed by atoms with Crippen molar-refractivity contribution in [2.24, 2.45) is 11.8 Å². The van der Waals surface area contributed by atoms with Crippen molar-refractivity contribution >= 4 is 28.8 Å². The first-order valence-corrected chi connectivity index (χ1v) is 12.5. The summed E-state index contributed by atoms with van der Waals surface area (Å²) in [5, 5.41) is 10.2. The van der Waals surface area contributed by atoms with Crippen molar-refractivity contribution in [2.45, 2.75) is 71.9 Å². The van der Waals surface area contributed by atoms with Crippen LogP contribution in [0.4, 0.5) is 0 Å². The number of likely N-dealkylation sites (tertiary alicyclic amines) is 1. The van der Waals surface area contributed by atoms with Crippen LogP contribution in [-0.2, 0) is 20.8 Å². The van der Waals surface area contributed by atoms with Crippen molar-refractivity contribution in [1.29, 1.82) is 0 Å². The number of carbonyl (C=O) groups excluding carboxylic acids is 3. The number of aliphatic hydroxyl groups is 1. The Labute approximate surface area is 200 Å². The third-order valence-electron chi connectivity index (χ3n) is 6.19. The topological polar surface area (TPSA) is 87.6 Å². The number of amides is 1. The summed E-state index contributed by atoms with van der Waals surface area (Å²) in [7, 11) is 0. The number of benzene rings is 1. The summed E-state index contributed by atoms with van der Waals surface area (Å²) in [6.07, 6.45) is 1.22. The molecule has 3 rings (SSSR count).